The zero-order chi connectivity index (χ0) is 11.2. The van der Waals surface area contributed by atoms with Gasteiger partial charge in [0.05, 0.1) is 6.61 Å². The van der Waals surface area contributed by atoms with Gasteiger partial charge in [-0.2, -0.15) is 0 Å². The van der Waals surface area contributed by atoms with Crippen LogP contribution in [0, 0.1) is 0 Å². The highest BCUT2D eigenvalue weighted by molar-refractivity contribution is 5.10. The highest BCUT2D eigenvalue weighted by Crippen LogP contribution is 2.24. The van der Waals surface area contributed by atoms with Gasteiger partial charge in [-0.15, -0.1) is 0 Å². The number of likely N-dealkylation sites (tertiary alicyclic amines) is 1. The number of hydrogen-bond donors (Lipinski definition) is 0. The summed E-state index contributed by atoms with van der Waals surface area (Å²) in [4.78, 5) is 6.94. The SMILES string of the molecule is COCCN1CCCC(c2ccccn2)C1. The third kappa shape index (κ3) is 3.03. The fraction of sp³-hybridized carbons (Fsp3) is 0.615. The van der Waals surface area contributed by atoms with Crippen molar-refractivity contribution in [3.8, 4) is 0 Å². The lowest BCUT2D eigenvalue weighted by molar-refractivity contribution is 0.127. The van der Waals surface area contributed by atoms with Crippen LogP contribution in [-0.4, -0.2) is 43.2 Å². The number of methoxy groups -OCH3 is 1. The molecule has 1 aliphatic heterocycles. The molecule has 1 aromatic rings. The first-order valence-electron chi connectivity index (χ1n) is 6.02. The molecule has 0 bridgehead atoms. The second-order valence-corrected chi connectivity index (χ2v) is 4.39. The maximum Gasteiger partial charge on any atom is 0.0589 e. The number of piperidine rings is 1. The zero-order valence-corrected chi connectivity index (χ0v) is 9.93. The molecule has 1 atom stereocenters. The standard InChI is InChI=1S/C13H20N2O/c1-16-10-9-15-8-4-5-12(11-15)13-6-2-3-7-14-13/h2-3,6-7,12H,4-5,8-11H2,1H3. The van der Waals surface area contributed by atoms with E-state index < -0.39 is 0 Å². The quantitative estimate of drug-likeness (QED) is 0.775. The Bertz CT molecular complexity index is 302. The smallest absolute Gasteiger partial charge is 0.0589 e. The lowest BCUT2D eigenvalue weighted by Crippen LogP contribution is -2.36. The Morgan fingerprint density at radius 1 is 1.50 bits per heavy atom. The topological polar surface area (TPSA) is 25.4 Å². The second-order valence-electron chi connectivity index (χ2n) is 4.39. The van der Waals surface area contributed by atoms with Crippen LogP contribution in [0.15, 0.2) is 24.4 Å². The first-order chi connectivity index (χ1) is 7.90. The van der Waals surface area contributed by atoms with Gasteiger partial charge in [-0.25, -0.2) is 0 Å². The summed E-state index contributed by atoms with van der Waals surface area (Å²) in [5, 5.41) is 0. The van der Waals surface area contributed by atoms with Gasteiger partial charge in [-0.3, -0.25) is 4.98 Å². The molecule has 3 heteroatoms. The van der Waals surface area contributed by atoms with Gasteiger partial charge in [-0.05, 0) is 31.5 Å². The van der Waals surface area contributed by atoms with Crippen LogP contribution >= 0.6 is 0 Å². The van der Waals surface area contributed by atoms with Crippen molar-refractivity contribution < 1.29 is 4.74 Å². The third-order valence-corrected chi connectivity index (χ3v) is 3.22. The summed E-state index contributed by atoms with van der Waals surface area (Å²) in [5.41, 5.74) is 1.24. The van der Waals surface area contributed by atoms with Crippen molar-refractivity contribution in [1.29, 1.82) is 0 Å². The van der Waals surface area contributed by atoms with Gasteiger partial charge in [-0.1, -0.05) is 6.07 Å². The van der Waals surface area contributed by atoms with Gasteiger partial charge in [0.25, 0.3) is 0 Å². The molecule has 1 aromatic heterocycles. The lowest BCUT2D eigenvalue weighted by Gasteiger charge is -2.32. The van der Waals surface area contributed by atoms with Crippen molar-refractivity contribution in [2.24, 2.45) is 0 Å². The van der Waals surface area contributed by atoms with E-state index >= 15 is 0 Å². The molecule has 0 N–H and O–H groups in total. The van der Waals surface area contributed by atoms with E-state index in [1.54, 1.807) is 7.11 Å². The van der Waals surface area contributed by atoms with Crippen LogP contribution < -0.4 is 0 Å². The van der Waals surface area contributed by atoms with Crippen molar-refractivity contribution in [3.63, 3.8) is 0 Å². The van der Waals surface area contributed by atoms with Crippen LogP contribution in [0.5, 0.6) is 0 Å². The number of aromatic nitrogens is 1. The molecule has 0 spiro atoms. The summed E-state index contributed by atoms with van der Waals surface area (Å²) < 4.78 is 5.13. The molecule has 88 valence electrons. The third-order valence-electron chi connectivity index (χ3n) is 3.22. The molecule has 0 amide bonds. The van der Waals surface area contributed by atoms with Crippen molar-refractivity contribution in [1.82, 2.24) is 9.88 Å². The van der Waals surface area contributed by atoms with Gasteiger partial charge in [0.2, 0.25) is 0 Å². The van der Waals surface area contributed by atoms with Gasteiger partial charge in [0.1, 0.15) is 0 Å². The molecule has 3 nitrogen and oxygen atoms in total. The summed E-state index contributed by atoms with van der Waals surface area (Å²) in [6.07, 6.45) is 4.43. The Hall–Kier alpha value is -0.930. The van der Waals surface area contributed by atoms with Gasteiger partial charge in [0.15, 0.2) is 0 Å². The number of nitrogens with zero attached hydrogens (tertiary/aromatic N) is 2. The highest BCUT2D eigenvalue weighted by Gasteiger charge is 2.21. The average molecular weight is 220 g/mol. The molecule has 2 heterocycles. The van der Waals surface area contributed by atoms with Crippen LogP contribution in [-0.2, 0) is 4.74 Å². The van der Waals surface area contributed by atoms with Gasteiger partial charge in [0, 0.05) is 38.0 Å². The molecular formula is C13H20N2O. The largest absolute Gasteiger partial charge is 0.383 e. The minimum absolute atomic E-state index is 0.604. The fourth-order valence-electron chi connectivity index (χ4n) is 2.34. The summed E-state index contributed by atoms with van der Waals surface area (Å²) in [6, 6.07) is 6.20. The maximum atomic E-state index is 5.13. The molecular weight excluding hydrogens is 200 g/mol. The first kappa shape index (κ1) is 11.6. The number of rotatable bonds is 4. The minimum atomic E-state index is 0.604. The first-order valence-corrected chi connectivity index (χ1v) is 6.02. The van der Waals surface area contributed by atoms with E-state index in [1.807, 2.05) is 12.3 Å². The van der Waals surface area contributed by atoms with Crippen molar-refractivity contribution >= 4 is 0 Å². The Balaban J connectivity index is 1.91. The van der Waals surface area contributed by atoms with Crippen molar-refractivity contribution in [3.05, 3.63) is 30.1 Å². The van der Waals surface area contributed by atoms with Crippen LogP contribution in [0.4, 0.5) is 0 Å². The Labute approximate surface area is 97.4 Å². The molecule has 1 fully saturated rings. The number of hydrogen-bond acceptors (Lipinski definition) is 3. The predicted octanol–water partition coefficient (Wildman–Crippen LogP) is 1.91. The summed E-state index contributed by atoms with van der Waals surface area (Å²) >= 11 is 0. The van der Waals surface area contributed by atoms with E-state index in [0.717, 1.165) is 19.7 Å². The molecule has 0 aliphatic carbocycles. The van der Waals surface area contributed by atoms with E-state index in [0.29, 0.717) is 5.92 Å². The molecule has 0 radical (unpaired) electrons. The van der Waals surface area contributed by atoms with Gasteiger partial charge >= 0.3 is 0 Å². The second kappa shape index (κ2) is 5.97. The molecule has 16 heavy (non-hydrogen) atoms. The molecule has 2 rings (SSSR count). The zero-order valence-electron chi connectivity index (χ0n) is 9.93. The van der Waals surface area contributed by atoms with Crippen molar-refractivity contribution in [2.45, 2.75) is 18.8 Å². The summed E-state index contributed by atoms with van der Waals surface area (Å²) in [6.45, 7) is 4.20. The van der Waals surface area contributed by atoms with Crippen LogP contribution in [0.25, 0.3) is 0 Å². The Morgan fingerprint density at radius 3 is 3.19 bits per heavy atom. The monoisotopic (exact) mass is 220 g/mol. The van der Waals surface area contributed by atoms with Crippen LogP contribution in [0.1, 0.15) is 24.5 Å². The normalized spacial score (nSPS) is 22.2. The number of ether oxygens (including phenoxy) is 1. The summed E-state index contributed by atoms with van der Waals surface area (Å²) in [5.74, 6) is 0.604. The van der Waals surface area contributed by atoms with E-state index in [-0.39, 0.29) is 0 Å². The molecule has 1 aliphatic rings. The Kier molecular flexibility index (Phi) is 4.31. The number of pyridine rings is 1. The van der Waals surface area contributed by atoms with E-state index in [4.69, 9.17) is 4.74 Å². The van der Waals surface area contributed by atoms with E-state index in [9.17, 15) is 0 Å². The maximum absolute atomic E-state index is 5.13. The van der Waals surface area contributed by atoms with E-state index in [1.165, 1.54) is 25.1 Å². The minimum Gasteiger partial charge on any atom is -0.383 e. The molecule has 1 unspecified atom stereocenters. The molecule has 0 aromatic carbocycles. The molecule has 0 saturated carbocycles. The van der Waals surface area contributed by atoms with Crippen LogP contribution in [0.3, 0.4) is 0 Å². The van der Waals surface area contributed by atoms with Crippen LogP contribution in [0.2, 0.25) is 0 Å². The molecule has 1 saturated heterocycles. The average Bonchev–Trinajstić information content (AvgIpc) is 2.38. The Morgan fingerprint density at radius 2 is 2.44 bits per heavy atom. The van der Waals surface area contributed by atoms with E-state index in [2.05, 4.69) is 22.0 Å². The van der Waals surface area contributed by atoms with Crippen molar-refractivity contribution in [2.75, 3.05) is 33.4 Å². The highest BCUT2D eigenvalue weighted by atomic mass is 16.5. The lowest BCUT2D eigenvalue weighted by atomic mass is 9.94. The fourth-order valence-corrected chi connectivity index (χ4v) is 2.34. The summed E-state index contributed by atoms with van der Waals surface area (Å²) in [7, 11) is 1.76. The van der Waals surface area contributed by atoms with Gasteiger partial charge < -0.3 is 9.64 Å². The predicted molar refractivity (Wildman–Crippen MR) is 64.5 cm³/mol.